The Balaban J connectivity index is 1.62. The van der Waals surface area contributed by atoms with Crippen LogP contribution in [0.5, 0.6) is 0 Å². The van der Waals surface area contributed by atoms with E-state index in [4.69, 9.17) is 0 Å². The molecule has 0 bridgehead atoms. The van der Waals surface area contributed by atoms with Crippen LogP contribution in [0.15, 0.2) is 42.6 Å². The molecule has 1 amide bonds. The highest BCUT2D eigenvalue weighted by molar-refractivity contribution is 5.96. The lowest BCUT2D eigenvalue weighted by molar-refractivity contribution is -0.117. The Labute approximate surface area is 142 Å². The Morgan fingerprint density at radius 2 is 1.96 bits per heavy atom. The summed E-state index contributed by atoms with van der Waals surface area (Å²) in [6.07, 6.45) is 4.23. The van der Waals surface area contributed by atoms with Crippen molar-refractivity contribution in [2.45, 2.75) is 25.8 Å². The fraction of sp³-hybridized carbons (Fsp3) is 0.368. The topological polar surface area (TPSA) is 54.3 Å². The van der Waals surface area contributed by atoms with Gasteiger partial charge < -0.3 is 9.88 Å². The predicted molar refractivity (Wildman–Crippen MR) is 94.0 cm³/mol. The van der Waals surface area contributed by atoms with Gasteiger partial charge in [-0.3, -0.25) is 14.5 Å². The van der Waals surface area contributed by atoms with Crippen molar-refractivity contribution in [1.29, 1.82) is 0 Å². The average Bonchev–Trinajstić information content (AvgIpc) is 3.16. The molecule has 1 atom stereocenters. The number of aryl methyl sites for hydroxylation is 1. The number of hydrogen-bond donors (Lipinski definition) is 1. The molecule has 5 heteroatoms. The minimum absolute atomic E-state index is 0.0216. The molecule has 1 aliphatic heterocycles. The van der Waals surface area contributed by atoms with Crippen LogP contribution in [0.1, 0.15) is 41.9 Å². The monoisotopic (exact) mass is 325 g/mol. The van der Waals surface area contributed by atoms with E-state index in [1.807, 2.05) is 19.3 Å². The van der Waals surface area contributed by atoms with Crippen LogP contribution >= 0.6 is 0 Å². The molecule has 0 spiro atoms. The van der Waals surface area contributed by atoms with Gasteiger partial charge in [0.2, 0.25) is 5.91 Å². The van der Waals surface area contributed by atoms with Gasteiger partial charge in [-0.05, 0) is 62.7 Å². The van der Waals surface area contributed by atoms with Crippen molar-refractivity contribution in [3.63, 3.8) is 0 Å². The van der Waals surface area contributed by atoms with Crippen LogP contribution < -0.4 is 5.32 Å². The lowest BCUT2D eigenvalue weighted by Gasteiger charge is -2.24. The fourth-order valence-corrected chi connectivity index (χ4v) is 3.34. The summed E-state index contributed by atoms with van der Waals surface area (Å²) in [5.41, 5.74) is 2.63. The summed E-state index contributed by atoms with van der Waals surface area (Å²) in [5.74, 6) is 0.00189. The summed E-state index contributed by atoms with van der Waals surface area (Å²) < 4.78 is 2.13. The van der Waals surface area contributed by atoms with Crippen molar-refractivity contribution in [1.82, 2.24) is 9.47 Å². The number of amides is 1. The maximum absolute atomic E-state index is 12.4. The number of nitrogens with one attached hydrogen (secondary N) is 1. The Morgan fingerprint density at radius 3 is 2.58 bits per heavy atom. The van der Waals surface area contributed by atoms with Crippen molar-refractivity contribution in [3.05, 3.63) is 53.9 Å². The highest BCUT2D eigenvalue weighted by Gasteiger charge is 2.28. The van der Waals surface area contributed by atoms with Crippen molar-refractivity contribution in [2.24, 2.45) is 7.05 Å². The number of nitrogens with zero attached hydrogens (tertiary/aromatic N) is 2. The molecule has 1 aliphatic rings. The van der Waals surface area contributed by atoms with E-state index in [9.17, 15) is 9.59 Å². The first-order valence-corrected chi connectivity index (χ1v) is 8.31. The third-order valence-electron chi connectivity index (χ3n) is 4.61. The Hall–Kier alpha value is -2.40. The zero-order valence-corrected chi connectivity index (χ0v) is 14.2. The number of rotatable bonds is 5. The van der Waals surface area contributed by atoms with Gasteiger partial charge in [-0.15, -0.1) is 0 Å². The summed E-state index contributed by atoms with van der Waals surface area (Å²) in [6, 6.07) is 11.5. The second-order valence-corrected chi connectivity index (χ2v) is 6.35. The summed E-state index contributed by atoms with van der Waals surface area (Å²) in [7, 11) is 2.04. The fourth-order valence-electron chi connectivity index (χ4n) is 3.34. The number of Topliss-reactive ketones (excluding diaryl/α,β-unsaturated/α-hetero) is 1. The van der Waals surface area contributed by atoms with Crippen molar-refractivity contribution in [3.8, 4) is 0 Å². The molecule has 1 unspecified atom stereocenters. The molecule has 0 aliphatic carbocycles. The van der Waals surface area contributed by atoms with Crippen LogP contribution in [-0.2, 0) is 11.8 Å². The number of hydrogen-bond acceptors (Lipinski definition) is 3. The molecule has 2 heterocycles. The average molecular weight is 325 g/mol. The minimum atomic E-state index is -0.0216. The maximum Gasteiger partial charge on any atom is 0.238 e. The molecule has 1 aromatic heterocycles. The number of carbonyl (C=O) groups excluding carboxylic acids is 2. The number of anilines is 1. The van der Waals surface area contributed by atoms with Crippen LogP contribution in [-0.4, -0.2) is 34.2 Å². The van der Waals surface area contributed by atoms with Crippen molar-refractivity contribution in [2.75, 3.05) is 18.4 Å². The van der Waals surface area contributed by atoms with Crippen molar-refractivity contribution < 1.29 is 9.59 Å². The van der Waals surface area contributed by atoms with E-state index in [1.165, 1.54) is 12.6 Å². The van der Waals surface area contributed by atoms with E-state index >= 15 is 0 Å². The largest absolute Gasteiger partial charge is 0.353 e. The molecule has 126 valence electrons. The number of aromatic nitrogens is 1. The zero-order chi connectivity index (χ0) is 17.1. The molecule has 1 N–H and O–H groups in total. The Kier molecular flexibility index (Phi) is 4.81. The quantitative estimate of drug-likeness (QED) is 0.860. The van der Waals surface area contributed by atoms with Gasteiger partial charge in [-0.1, -0.05) is 0 Å². The van der Waals surface area contributed by atoms with Gasteiger partial charge in [-0.25, -0.2) is 0 Å². The first-order chi connectivity index (χ1) is 11.5. The van der Waals surface area contributed by atoms with E-state index in [0.717, 1.165) is 25.1 Å². The number of carbonyl (C=O) groups is 2. The van der Waals surface area contributed by atoms with Gasteiger partial charge in [0.05, 0.1) is 12.6 Å². The molecule has 24 heavy (non-hydrogen) atoms. The second-order valence-electron chi connectivity index (χ2n) is 6.35. The van der Waals surface area contributed by atoms with E-state index in [-0.39, 0.29) is 11.7 Å². The summed E-state index contributed by atoms with van der Waals surface area (Å²) in [4.78, 5) is 25.9. The van der Waals surface area contributed by atoms with Gasteiger partial charge in [0.25, 0.3) is 0 Å². The molecule has 1 fully saturated rings. The molecule has 5 nitrogen and oxygen atoms in total. The standard InChI is InChI=1S/C19H23N3O2/c1-14(23)15-7-9-16(10-8-15)20-19(24)13-22-12-4-6-18(22)17-5-3-11-21(17)2/h3,5,7-11,18H,4,6,12-13H2,1-2H3,(H,20,24). The number of ketones is 1. The zero-order valence-electron chi connectivity index (χ0n) is 14.2. The molecular weight excluding hydrogens is 302 g/mol. The van der Waals surface area contributed by atoms with Crippen LogP contribution in [0, 0.1) is 0 Å². The molecule has 0 radical (unpaired) electrons. The Bertz CT molecular complexity index is 733. The normalized spacial score (nSPS) is 17.8. The minimum Gasteiger partial charge on any atom is -0.353 e. The molecule has 0 saturated carbocycles. The van der Waals surface area contributed by atoms with E-state index < -0.39 is 0 Å². The summed E-state index contributed by atoms with van der Waals surface area (Å²) >= 11 is 0. The third-order valence-corrected chi connectivity index (χ3v) is 4.61. The lowest BCUT2D eigenvalue weighted by atomic mass is 10.1. The van der Waals surface area contributed by atoms with Gasteiger partial charge in [0, 0.05) is 30.2 Å². The van der Waals surface area contributed by atoms with Crippen LogP contribution in [0.25, 0.3) is 0 Å². The molecule has 1 saturated heterocycles. The highest BCUT2D eigenvalue weighted by Crippen LogP contribution is 2.31. The number of benzene rings is 1. The maximum atomic E-state index is 12.4. The smallest absolute Gasteiger partial charge is 0.238 e. The van der Waals surface area contributed by atoms with Crippen LogP contribution in [0.3, 0.4) is 0 Å². The Morgan fingerprint density at radius 1 is 1.21 bits per heavy atom. The van der Waals surface area contributed by atoms with Crippen LogP contribution in [0.4, 0.5) is 5.69 Å². The van der Waals surface area contributed by atoms with Gasteiger partial charge >= 0.3 is 0 Å². The number of likely N-dealkylation sites (tertiary alicyclic amines) is 1. The summed E-state index contributed by atoms with van der Waals surface area (Å²) in [6.45, 7) is 2.85. The van der Waals surface area contributed by atoms with E-state index in [1.54, 1.807) is 24.3 Å². The molecular formula is C19H23N3O2. The molecule has 1 aromatic carbocycles. The van der Waals surface area contributed by atoms with Gasteiger partial charge in [-0.2, -0.15) is 0 Å². The van der Waals surface area contributed by atoms with Gasteiger partial charge in [0.15, 0.2) is 5.78 Å². The predicted octanol–water partition coefficient (Wildman–Crippen LogP) is 3.00. The van der Waals surface area contributed by atoms with E-state index in [0.29, 0.717) is 18.2 Å². The highest BCUT2D eigenvalue weighted by atomic mass is 16.2. The van der Waals surface area contributed by atoms with Crippen LogP contribution in [0.2, 0.25) is 0 Å². The second kappa shape index (κ2) is 7.01. The van der Waals surface area contributed by atoms with E-state index in [2.05, 4.69) is 20.9 Å². The lowest BCUT2D eigenvalue weighted by Crippen LogP contribution is -2.33. The first-order valence-electron chi connectivity index (χ1n) is 8.31. The third kappa shape index (κ3) is 3.57. The first kappa shape index (κ1) is 16.5. The molecule has 2 aromatic rings. The van der Waals surface area contributed by atoms with Gasteiger partial charge in [0.1, 0.15) is 0 Å². The van der Waals surface area contributed by atoms with Crippen molar-refractivity contribution >= 4 is 17.4 Å². The SMILES string of the molecule is CC(=O)c1ccc(NC(=O)CN2CCCC2c2cccn2C)cc1. The molecule has 3 rings (SSSR count). The summed E-state index contributed by atoms with van der Waals surface area (Å²) in [5, 5.41) is 2.92.